The largest absolute Gasteiger partial charge is 0.257 e. The van der Waals surface area contributed by atoms with E-state index in [4.69, 9.17) is 0 Å². The van der Waals surface area contributed by atoms with E-state index in [-0.39, 0.29) is 0 Å². The Labute approximate surface area is 301 Å². The number of hydrogen-bond acceptors (Lipinski definition) is 0. The Balaban J connectivity index is 1.61. The van der Waals surface area contributed by atoms with Crippen molar-refractivity contribution >= 4 is 0 Å². The average Bonchev–Trinajstić information content (AvgIpc) is 3.58. The highest BCUT2D eigenvalue weighted by Crippen LogP contribution is 2.26. The Morgan fingerprint density at radius 1 is 0.458 bits per heavy atom. The number of nitrogens with one attached hydrogen (secondary N) is 1. The van der Waals surface area contributed by atoms with E-state index in [9.17, 15) is 0 Å². The lowest BCUT2D eigenvalue weighted by atomic mass is 9.93. The molecule has 1 atom stereocenters. The van der Waals surface area contributed by atoms with Crippen LogP contribution in [0.2, 0.25) is 0 Å². The summed E-state index contributed by atoms with van der Waals surface area (Å²) in [5.41, 5.74) is 1.46. The van der Waals surface area contributed by atoms with E-state index in [1.54, 1.807) is 0 Å². The van der Waals surface area contributed by atoms with Gasteiger partial charge in [-0.1, -0.05) is 230 Å². The zero-order valence-electron chi connectivity index (χ0n) is 32.6. The number of H-pyrrole nitrogens is 1. The third-order valence-electron chi connectivity index (χ3n) is 11.0. The van der Waals surface area contributed by atoms with Crippen molar-refractivity contribution in [2.45, 2.75) is 238 Å². The summed E-state index contributed by atoms with van der Waals surface area (Å²) in [5, 5.41) is 0. The summed E-state index contributed by atoms with van der Waals surface area (Å²) in [5.74, 6) is 2.19. The Morgan fingerprint density at radius 2 is 0.833 bits per heavy atom. The number of aromatic nitrogens is 2. The molecule has 0 aliphatic carbocycles. The second kappa shape index (κ2) is 32.6. The Hall–Kier alpha value is -1.57. The van der Waals surface area contributed by atoms with Gasteiger partial charge in [0.25, 0.3) is 5.82 Å². The van der Waals surface area contributed by atoms with Crippen molar-refractivity contribution < 1.29 is 4.57 Å². The first-order chi connectivity index (χ1) is 23.8. The van der Waals surface area contributed by atoms with E-state index >= 15 is 0 Å². The zero-order chi connectivity index (χ0) is 34.0. The fourth-order valence-electron chi connectivity index (χ4n) is 7.79. The highest BCUT2D eigenvalue weighted by atomic mass is 15.1. The molecule has 48 heavy (non-hydrogen) atoms. The van der Waals surface area contributed by atoms with Crippen LogP contribution >= 0.6 is 0 Å². The van der Waals surface area contributed by atoms with Gasteiger partial charge >= 0.3 is 0 Å². The molecular formula is C46H83N2+. The zero-order valence-corrected chi connectivity index (χ0v) is 32.6. The van der Waals surface area contributed by atoms with Crippen LogP contribution in [0.25, 0.3) is 0 Å². The highest BCUT2D eigenvalue weighted by Gasteiger charge is 2.22. The summed E-state index contributed by atoms with van der Waals surface area (Å²) in [6.07, 6.45) is 51.5. The molecule has 2 aromatic rings. The first-order valence-electron chi connectivity index (χ1n) is 22.0. The van der Waals surface area contributed by atoms with E-state index in [0.717, 1.165) is 6.54 Å². The molecule has 0 saturated carbocycles. The SMILES string of the molecule is CCCCCCCCCCCCCCCCCC(CCCCCCCCCCCCCCCC)c1[nH]cc[n+]1CCCc1ccccc1. The quantitative estimate of drug-likeness (QED) is 0.0553. The lowest BCUT2D eigenvalue weighted by molar-refractivity contribution is -0.704. The summed E-state index contributed by atoms with van der Waals surface area (Å²) in [6.45, 7) is 5.75. The number of nitrogens with zero attached hydrogens (tertiary/aromatic N) is 1. The summed E-state index contributed by atoms with van der Waals surface area (Å²) in [4.78, 5) is 3.72. The van der Waals surface area contributed by atoms with E-state index in [1.807, 2.05) is 0 Å². The molecule has 1 N–H and O–H groups in total. The van der Waals surface area contributed by atoms with Crippen LogP contribution in [-0.4, -0.2) is 4.98 Å². The third-order valence-corrected chi connectivity index (χ3v) is 11.0. The summed E-state index contributed by atoms with van der Waals surface area (Å²) >= 11 is 0. The van der Waals surface area contributed by atoms with Crippen LogP contribution in [0.15, 0.2) is 42.7 Å². The lowest BCUT2D eigenvalue weighted by Crippen LogP contribution is -2.37. The van der Waals surface area contributed by atoms with Crippen LogP contribution in [0.4, 0.5) is 0 Å². The number of unbranched alkanes of at least 4 members (excludes halogenated alkanes) is 27. The van der Waals surface area contributed by atoms with Gasteiger partial charge in [-0.3, -0.25) is 0 Å². The van der Waals surface area contributed by atoms with Crippen molar-refractivity contribution in [3.05, 3.63) is 54.1 Å². The molecule has 2 nitrogen and oxygen atoms in total. The van der Waals surface area contributed by atoms with Gasteiger partial charge in [-0.25, -0.2) is 9.55 Å². The van der Waals surface area contributed by atoms with Crippen LogP contribution in [0.5, 0.6) is 0 Å². The molecule has 276 valence electrons. The number of hydrogen-bond donors (Lipinski definition) is 1. The van der Waals surface area contributed by atoms with Crippen LogP contribution in [0.1, 0.15) is 237 Å². The average molecular weight is 664 g/mol. The van der Waals surface area contributed by atoms with E-state index in [0.29, 0.717) is 5.92 Å². The van der Waals surface area contributed by atoms with Gasteiger partial charge in [0.1, 0.15) is 12.4 Å². The predicted molar refractivity (Wildman–Crippen MR) is 213 cm³/mol. The lowest BCUT2D eigenvalue weighted by Gasteiger charge is -2.14. The molecule has 0 spiro atoms. The molecule has 0 amide bonds. The molecule has 0 aliphatic rings. The number of aromatic amines is 1. The first-order valence-corrected chi connectivity index (χ1v) is 22.0. The van der Waals surface area contributed by atoms with Crippen LogP contribution < -0.4 is 4.57 Å². The molecule has 1 aromatic heterocycles. The van der Waals surface area contributed by atoms with Gasteiger partial charge in [0.2, 0.25) is 0 Å². The maximum absolute atomic E-state index is 3.72. The monoisotopic (exact) mass is 664 g/mol. The molecule has 1 unspecified atom stereocenters. The minimum absolute atomic E-state index is 0.691. The molecule has 0 fully saturated rings. The van der Waals surface area contributed by atoms with Crippen molar-refractivity contribution in [3.63, 3.8) is 0 Å². The van der Waals surface area contributed by atoms with Gasteiger partial charge in [-0.2, -0.15) is 0 Å². The van der Waals surface area contributed by atoms with E-state index in [2.05, 4.69) is 66.1 Å². The van der Waals surface area contributed by atoms with E-state index < -0.39 is 0 Å². The fourth-order valence-corrected chi connectivity index (χ4v) is 7.79. The number of rotatable bonds is 36. The van der Waals surface area contributed by atoms with Gasteiger partial charge in [-0.05, 0) is 31.2 Å². The smallest absolute Gasteiger partial charge is 0.247 e. The second-order valence-corrected chi connectivity index (χ2v) is 15.4. The molecule has 2 rings (SSSR count). The normalized spacial score (nSPS) is 12.2. The second-order valence-electron chi connectivity index (χ2n) is 15.4. The van der Waals surface area contributed by atoms with Gasteiger partial charge < -0.3 is 0 Å². The molecule has 0 bridgehead atoms. The van der Waals surface area contributed by atoms with Crippen molar-refractivity contribution in [1.29, 1.82) is 0 Å². The molecule has 1 heterocycles. The standard InChI is InChI=1S/C46H82N2/c1-3-5-7-9-11-13-15-17-19-21-23-25-27-29-34-40-45(39-33-28-26-24-22-20-18-16-14-12-10-8-6-4-2)46-47-41-43-48(46)42-35-38-44-36-31-30-32-37-44/h30-32,36-37,41,43,45H,3-29,33-35,38-40,42H2,1-2H3/p+1. The third kappa shape index (κ3) is 23.7. The predicted octanol–water partition coefficient (Wildman–Crippen LogP) is 15.2. The van der Waals surface area contributed by atoms with Crippen molar-refractivity contribution in [2.24, 2.45) is 0 Å². The van der Waals surface area contributed by atoms with Crippen LogP contribution in [-0.2, 0) is 13.0 Å². The Morgan fingerprint density at radius 3 is 1.23 bits per heavy atom. The maximum Gasteiger partial charge on any atom is 0.257 e. The van der Waals surface area contributed by atoms with Crippen LogP contribution in [0, 0.1) is 0 Å². The number of benzene rings is 1. The molecule has 1 aromatic carbocycles. The molecule has 2 heteroatoms. The van der Waals surface area contributed by atoms with Gasteiger partial charge in [0.05, 0.1) is 12.5 Å². The number of imidazole rings is 1. The van der Waals surface area contributed by atoms with Crippen LogP contribution in [0.3, 0.4) is 0 Å². The van der Waals surface area contributed by atoms with Gasteiger partial charge in [0.15, 0.2) is 0 Å². The van der Waals surface area contributed by atoms with Crippen molar-refractivity contribution in [1.82, 2.24) is 4.98 Å². The molecule has 0 saturated heterocycles. The van der Waals surface area contributed by atoms with Crippen molar-refractivity contribution in [2.75, 3.05) is 0 Å². The highest BCUT2D eigenvalue weighted by molar-refractivity contribution is 5.14. The van der Waals surface area contributed by atoms with Gasteiger partial charge in [0, 0.05) is 0 Å². The molecule has 0 aliphatic heterocycles. The fraction of sp³-hybridized carbons (Fsp3) is 0.804. The summed E-state index contributed by atoms with van der Waals surface area (Å²) in [6, 6.07) is 11.0. The van der Waals surface area contributed by atoms with Crippen molar-refractivity contribution in [3.8, 4) is 0 Å². The summed E-state index contributed by atoms with van der Waals surface area (Å²) in [7, 11) is 0. The van der Waals surface area contributed by atoms with E-state index in [1.165, 1.54) is 223 Å². The van der Waals surface area contributed by atoms with Gasteiger partial charge in [-0.15, -0.1) is 0 Å². The number of aryl methyl sites for hydroxylation is 2. The Bertz CT molecular complexity index is 902. The minimum atomic E-state index is 0.691. The summed E-state index contributed by atoms with van der Waals surface area (Å²) < 4.78 is 2.56. The Kier molecular flexibility index (Phi) is 29.0. The first kappa shape index (κ1) is 42.6. The molecular weight excluding hydrogens is 581 g/mol. The minimum Gasteiger partial charge on any atom is -0.247 e. The topological polar surface area (TPSA) is 19.7 Å². The maximum atomic E-state index is 3.72. The molecule has 0 radical (unpaired) electrons.